The Morgan fingerprint density at radius 2 is 1.89 bits per heavy atom. The number of rotatable bonds is 4. The molecule has 0 aliphatic rings. The Morgan fingerprint density at radius 1 is 1.14 bits per heavy atom. The molecule has 0 unspecified atom stereocenters. The minimum absolute atomic E-state index is 0.215. The molecule has 0 fully saturated rings. The summed E-state index contributed by atoms with van der Waals surface area (Å²) in [7, 11) is 0. The molecule has 144 valence electrons. The molecule has 3 aromatic heterocycles. The van der Waals surface area contributed by atoms with Crippen LogP contribution in [-0.2, 0) is 12.7 Å². The monoisotopic (exact) mass is 407 g/mol. The van der Waals surface area contributed by atoms with Gasteiger partial charge in [-0.05, 0) is 30.7 Å². The molecule has 1 aromatic carbocycles. The molecule has 3 heterocycles. The maximum Gasteiger partial charge on any atom is 0.425 e. The van der Waals surface area contributed by atoms with Gasteiger partial charge < -0.3 is 5.32 Å². The van der Waals surface area contributed by atoms with Gasteiger partial charge in [0.1, 0.15) is 27.2 Å². The first-order valence-corrected chi connectivity index (χ1v) is 9.00. The third-order valence-corrected chi connectivity index (χ3v) is 5.15. The maximum atomic E-state index is 13.2. The lowest BCUT2D eigenvalue weighted by molar-refractivity contribution is -0.134. The normalized spacial score (nSPS) is 11.9. The molecular formula is C18H13F4N5S. The molecule has 0 aliphatic heterocycles. The Hall–Kier alpha value is -3.01. The summed E-state index contributed by atoms with van der Waals surface area (Å²) in [5.41, 5.74) is 0.764. The van der Waals surface area contributed by atoms with E-state index in [9.17, 15) is 17.6 Å². The highest BCUT2D eigenvalue weighted by molar-refractivity contribution is 7.18. The topological polar surface area (TPSA) is 55.6 Å². The average molecular weight is 407 g/mol. The second kappa shape index (κ2) is 6.86. The van der Waals surface area contributed by atoms with Gasteiger partial charge in [-0.3, -0.25) is 4.57 Å². The number of hydrogen-bond acceptors (Lipinski definition) is 5. The van der Waals surface area contributed by atoms with E-state index in [0.29, 0.717) is 17.2 Å². The van der Waals surface area contributed by atoms with Crippen LogP contribution in [0.1, 0.15) is 16.3 Å². The van der Waals surface area contributed by atoms with Crippen molar-refractivity contribution in [2.24, 2.45) is 0 Å². The van der Waals surface area contributed by atoms with Gasteiger partial charge in [-0.25, -0.2) is 14.4 Å². The summed E-state index contributed by atoms with van der Waals surface area (Å²) in [5.74, 6) is 0.735. The summed E-state index contributed by atoms with van der Waals surface area (Å²) in [4.78, 5) is 12.2. The number of nitrogens with zero attached hydrogens (tertiary/aromatic N) is 4. The van der Waals surface area contributed by atoms with Crippen molar-refractivity contribution in [2.45, 2.75) is 19.6 Å². The largest absolute Gasteiger partial charge is 0.425 e. The summed E-state index contributed by atoms with van der Waals surface area (Å²) < 4.78 is 54.2. The SMILES string of the molecule is Cc1nccn1-c1nc(NCc2ccc(F)cc2)c2cc(C(F)(F)F)sc2n1. The van der Waals surface area contributed by atoms with Gasteiger partial charge in [-0.1, -0.05) is 12.1 Å². The van der Waals surface area contributed by atoms with Crippen molar-refractivity contribution in [3.63, 3.8) is 0 Å². The molecule has 0 saturated heterocycles. The van der Waals surface area contributed by atoms with Gasteiger partial charge in [0.2, 0.25) is 5.95 Å². The molecule has 0 atom stereocenters. The molecule has 0 saturated carbocycles. The number of benzene rings is 1. The predicted octanol–water partition coefficient (Wildman–Crippen LogP) is 4.96. The number of aromatic nitrogens is 4. The maximum absolute atomic E-state index is 13.2. The van der Waals surface area contributed by atoms with E-state index in [2.05, 4.69) is 20.3 Å². The minimum atomic E-state index is -4.47. The molecule has 1 N–H and O–H groups in total. The fraction of sp³-hybridized carbons (Fsp3) is 0.167. The zero-order valence-corrected chi connectivity index (χ0v) is 15.3. The summed E-state index contributed by atoms with van der Waals surface area (Å²) >= 11 is 0.560. The van der Waals surface area contributed by atoms with Crippen molar-refractivity contribution in [3.8, 4) is 5.95 Å². The molecule has 0 aliphatic carbocycles. The zero-order chi connectivity index (χ0) is 19.9. The van der Waals surface area contributed by atoms with Crippen molar-refractivity contribution in [2.75, 3.05) is 5.32 Å². The summed E-state index contributed by atoms with van der Waals surface area (Å²) in [6.07, 6.45) is -1.27. The van der Waals surface area contributed by atoms with E-state index >= 15 is 0 Å². The highest BCUT2D eigenvalue weighted by atomic mass is 32.1. The lowest BCUT2D eigenvalue weighted by Crippen LogP contribution is -2.07. The molecule has 0 bridgehead atoms. The lowest BCUT2D eigenvalue weighted by atomic mass is 10.2. The number of thiophene rings is 1. The van der Waals surface area contributed by atoms with Crippen LogP contribution in [0.2, 0.25) is 0 Å². The van der Waals surface area contributed by atoms with Gasteiger partial charge in [-0.2, -0.15) is 18.2 Å². The lowest BCUT2D eigenvalue weighted by Gasteiger charge is -2.10. The van der Waals surface area contributed by atoms with E-state index < -0.39 is 11.1 Å². The number of anilines is 1. The van der Waals surface area contributed by atoms with Gasteiger partial charge in [0.05, 0.1) is 5.39 Å². The van der Waals surface area contributed by atoms with Crippen LogP contribution >= 0.6 is 11.3 Å². The van der Waals surface area contributed by atoms with Crippen LogP contribution in [0.4, 0.5) is 23.4 Å². The van der Waals surface area contributed by atoms with Crippen LogP contribution in [0.5, 0.6) is 0 Å². The minimum Gasteiger partial charge on any atom is -0.365 e. The number of hydrogen-bond donors (Lipinski definition) is 1. The van der Waals surface area contributed by atoms with Crippen molar-refractivity contribution >= 4 is 27.4 Å². The molecule has 5 nitrogen and oxygen atoms in total. The van der Waals surface area contributed by atoms with Crippen LogP contribution in [0, 0.1) is 12.7 Å². The van der Waals surface area contributed by atoms with E-state index in [1.165, 1.54) is 12.1 Å². The van der Waals surface area contributed by atoms with Gasteiger partial charge in [0, 0.05) is 18.9 Å². The van der Waals surface area contributed by atoms with E-state index in [1.807, 2.05) is 0 Å². The number of aryl methyl sites for hydroxylation is 1. The third-order valence-electron chi connectivity index (χ3n) is 4.07. The first-order valence-electron chi connectivity index (χ1n) is 8.18. The Balaban J connectivity index is 1.78. The molecule has 28 heavy (non-hydrogen) atoms. The van der Waals surface area contributed by atoms with Crippen molar-refractivity contribution in [1.82, 2.24) is 19.5 Å². The van der Waals surface area contributed by atoms with Crippen LogP contribution in [-0.4, -0.2) is 19.5 Å². The van der Waals surface area contributed by atoms with E-state index in [-0.39, 0.29) is 34.3 Å². The predicted molar refractivity (Wildman–Crippen MR) is 98.0 cm³/mol. The Bertz CT molecular complexity index is 1130. The van der Waals surface area contributed by atoms with Gasteiger partial charge in [-0.15, -0.1) is 11.3 Å². The molecule has 4 aromatic rings. The first kappa shape index (κ1) is 18.4. The highest BCUT2D eigenvalue weighted by Crippen LogP contribution is 2.39. The summed E-state index contributed by atoms with van der Waals surface area (Å²) in [5, 5.41) is 3.32. The van der Waals surface area contributed by atoms with Gasteiger partial charge >= 0.3 is 6.18 Å². The molecule has 0 spiro atoms. The zero-order valence-electron chi connectivity index (χ0n) is 14.5. The summed E-state index contributed by atoms with van der Waals surface area (Å²) in [6, 6.07) is 6.86. The standard InChI is InChI=1S/C18H13F4N5S/c1-10-23-6-7-27(10)17-25-15(24-9-11-2-4-12(19)5-3-11)13-8-14(18(20,21)22)28-16(13)26-17/h2-8H,9H2,1H3,(H,24,25,26). The van der Waals surface area contributed by atoms with Crippen LogP contribution < -0.4 is 5.32 Å². The molecule has 0 amide bonds. The Morgan fingerprint density at radius 3 is 2.54 bits per heavy atom. The molecule has 0 radical (unpaired) electrons. The highest BCUT2D eigenvalue weighted by Gasteiger charge is 2.33. The second-order valence-electron chi connectivity index (χ2n) is 6.02. The van der Waals surface area contributed by atoms with E-state index in [0.717, 1.165) is 11.6 Å². The Labute approximate surface area is 160 Å². The second-order valence-corrected chi connectivity index (χ2v) is 7.05. The average Bonchev–Trinajstić information content (AvgIpc) is 3.26. The Kier molecular flexibility index (Phi) is 4.50. The molecule has 10 heteroatoms. The molecule has 4 rings (SSSR count). The number of halogens is 4. The van der Waals surface area contributed by atoms with Gasteiger partial charge in [0.15, 0.2) is 0 Å². The van der Waals surface area contributed by atoms with Crippen molar-refractivity contribution in [1.29, 1.82) is 0 Å². The quantitative estimate of drug-likeness (QED) is 0.486. The third kappa shape index (κ3) is 3.55. The van der Waals surface area contributed by atoms with Crippen LogP contribution in [0.3, 0.4) is 0 Å². The number of nitrogens with one attached hydrogen (secondary N) is 1. The number of imidazole rings is 1. The van der Waals surface area contributed by atoms with Crippen molar-refractivity contribution < 1.29 is 17.6 Å². The number of fused-ring (bicyclic) bond motifs is 1. The van der Waals surface area contributed by atoms with E-state index in [1.54, 1.807) is 36.0 Å². The first-order chi connectivity index (χ1) is 13.3. The smallest absolute Gasteiger partial charge is 0.365 e. The fourth-order valence-electron chi connectivity index (χ4n) is 2.67. The van der Waals surface area contributed by atoms with Crippen molar-refractivity contribution in [3.05, 3.63) is 64.8 Å². The van der Waals surface area contributed by atoms with Gasteiger partial charge in [0.25, 0.3) is 0 Å². The van der Waals surface area contributed by atoms with E-state index in [4.69, 9.17) is 0 Å². The number of alkyl halides is 3. The van der Waals surface area contributed by atoms with Crippen LogP contribution in [0.15, 0.2) is 42.7 Å². The molecular weight excluding hydrogens is 394 g/mol. The fourth-order valence-corrected chi connectivity index (χ4v) is 3.56. The van der Waals surface area contributed by atoms with Crippen LogP contribution in [0.25, 0.3) is 16.2 Å². The summed E-state index contributed by atoms with van der Waals surface area (Å²) in [6.45, 7) is 2.01.